The van der Waals surface area contributed by atoms with Gasteiger partial charge >= 0.3 is 0 Å². The fourth-order valence-corrected chi connectivity index (χ4v) is 3.70. The van der Waals surface area contributed by atoms with E-state index in [0.29, 0.717) is 6.54 Å². The average Bonchev–Trinajstić information content (AvgIpc) is 2.68. The fourth-order valence-electron chi connectivity index (χ4n) is 3.51. The first-order valence-corrected chi connectivity index (χ1v) is 12.1. The molecule has 0 unspecified atom stereocenters. The van der Waals surface area contributed by atoms with Crippen molar-refractivity contribution in [2.75, 3.05) is 6.54 Å². The van der Waals surface area contributed by atoms with E-state index >= 15 is 0 Å². The minimum Gasteiger partial charge on any atom is -0.494 e. The monoisotopic (exact) mass is 423 g/mol. The summed E-state index contributed by atoms with van der Waals surface area (Å²) in [7, 11) is 0. The van der Waals surface area contributed by atoms with Crippen molar-refractivity contribution < 1.29 is 5.11 Å². The Morgan fingerprint density at radius 2 is 1.24 bits per heavy atom. The highest BCUT2D eigenvalue weighted by atomic mass is 32.1. The smallest absolute Gasteiger partial charge is 0.264 e. The molecule has 0 atom stereocenters. The lowest BCUT2D eigenvalue weighted by Crippen LogP contribution is -2.13. The topological polar surface area (TPSA) is 81.2 Å². The van der Waals surface area contributed by atoms with E-state index in [-0.39, 0.29) is 16.2 Å². The predicted octanol–water partition coefficient (Wildman–Crippen LogP) is 6.82. The summed E-state index contributed by atoms with van der Waals surface area (Å²) in [4.78, 5) is 20.9. The van der Waals surface area contributed by atoms with E-state index in [1.165, 1.54) is 96.1 Å². The Morgan fingerprint density at radius 1 is 0.793 bits per heavy atom. The Morgan fingerprint density at radius 3 is 1.69 bits per heavy atom. The molecule has 0 aliphatic carbocycles. The summed E-state index contributed by atoms with van der Waals surface area (Å²) < 4.78 is 0.113. The summed E-state index contributed by atoms with van der Waals surface area (Å²) in [5, 5.41) is 9.68. The molecule has 166 valence electrons. The number of unbranched alkanes of at least 4 members (excludes halogenated alkanes) is 15. The van der Waals surface area contributed by atoms with Crippen LogP contribution in [0.4, 0.5) is 0 Å². The first-order valence-electron chi connectivity index (χ1n) is 11.7. The molecule has 3 N–H and O–H groups in total. The number of H-pyrrole nitrogens is 2. The summed E-state index contributed by atoms with van der Waals surface area (Å²) in [6.07, 6.45) is 22.9. The maximum Gasteiger partial charge on any atom is 0.264 e. The summed E-state index contributed by atoms with van der Waals surface area (Å²) in [6.45, 7) is 2.95. The quantitative estimate of drug-likeness (QED) is 0.138. The summed E-state index contributed by atoms with van der Waals surface area (Å²) in [6, 6.07) is 0. The first kappa shape index (κ1) is 25.6. The second-order valence-electron chi connectivity index (χ2n) is 8.01. The van der Waals surface area contributed by atoms with Crippen molar-refractivity contribution in [2.45, 2.75) is 110 Å². The summed E-state index contributed by atoms with van der Waals surface area (Å²) in [5.74, 6) is -0.227. The molecular formula is C23H41N3O2S. The second kappa shape index (κ2) is 17.4. The zero-order valence-electron chi connectivity index (χ0n) is 18.3. The van der Waals surface area contributed by atoms with Crippen LogP contribution in [-0.4, -0.2) is 27.8 Å². The molecule has 0 fully saturated rings. The number of aromatic nitrogens is 2. The maximum absolute atomic E-state index is 11.7. The van der Waals surface area contributed by atoms with E-state index in [2.05, 4.69) is 21.9 Å². The standard InChI is InChI=1S/C23H41N3O2S/c1-2-3-4-5-6-7-8-9-10-11-12-13-14-15-16-17-18-24-19-20-21(27)25-23(29)26-22(20)28/h19H,2-18H2,1H3,(H3,25,26,27,28,29). The number of aromatic amines is 2. The third-order valence-corrected chi connectivity index (χ3v) is 5.52. The molecule has 1 rings (SSSR count). The molecule has 0 aliphatic heterocycles. The van der Waals surface area contributed by atoms with Crippen LogP contribution >= 0.6 is 12.2 Å². The van der Waals surface area contributed by atoms with Gasteiger partial charge in [0.15, 0.2) is 4.77 Å². The van der Waals surface area contributed by atoms with Gasteiger partial charge in [-0.2, -0.15) is 0 Å². The molecule has 0 aromatic carbocycles. The van der Waals surface area contributed by atoms with Crippen molar-refractivity contribution in [2.24, 2.45) is 4.99 Å². The Balaban J connectivity index is 1.88. The lowest BCUT2D eigenvalue weighted by molar-refractivity contribution is 0.449. The van der Waals surface area contributed by atoms with Crippen LogP contribution in [0.3, 0.4) is 0 Å². The van der Waals surface area contributed by atoms with E-state index in [0.717, 1.165) is 12.8 Å². The Bertz CT molecular complexity index is 667. The first-order chi connectivity index (χ1) is 14.1. The summed E-state index contributed by atoms with van der Waals surface area (Å²) >= 11 is 4.79. The van der Waals surface area contributed by atoms with Crippen LogP contribution in [0.2, 0.25) is 0 Å². The van der Waals surface area contributed by atoms with Gasteiger partial charge in [0, 0.05) is 12.8 Å². The zero-order chi connectivity index (χ0) is 21.2. The lowest BCUT2D eigenvalue weighted by Gasteiger charge is -2.03. The number of aliphatic imine (C=N–C) groups is 1. The van der Waals surface area contributed by atoms with Gasteiger partial charge in [0.1, 0.15) is 5.56 Å². The summed E-state index contributed by atoms with van der Waals surface area (Å²) in [5.41, 5.74) is -0.280. The highest BCUT2D eigenvalue weighted by Gasteiger charge is 2.03. The minimum absolute atomic E-state index is 0.113. The lowest BCUT2D eigenvalue weighted by atomic mass is 10.0. The van der Waals surface area contributed by atoms with Crippen LogP contribution in [0, 0.1) is 4.77 Å². The number of nitrogens with zero attached hydrogens (tertiary/aromatic N) is 1. The van der Waals surface area contributed by atoms with E-state index in [1.54, 1.807) is 0 Å². The molecule has 6 heteroatoms. The van der Waals surface area contributed by atoms with Gasteiger partial charge in [-0.15, -0.1) is 0 Å². The SMILES string of the molecule is CCCCCCCCCCCCCCCCCCN=Cc1c(O)[nH]c(=S)[nH]c1=O. The van der Waals surface area contributed by atoms with Gasteiger partial charge in [-0.1, -0.05) is 103 Å². The Kier molecular flexibility index (Phi) is 15.4. The van der Waals surface area contributed by atoms with Crippen molar-refractivity contribution in [3.63, 3.8) is 0 Å². The largest absolute Gasteiger partial charge is 0.494 e. The molecule has 0 aliphatic rings. The van der Waals surface area contributed by atoms with Gasteiger partial charge < -0.3 is 10.1 Å². The van der Waals surface area contributed by atoms with Gasteiger partial charge in [0.2, 0.25) is 5.88 Å². The number of aromatic hydroxyl groups is 1. The Hall–Kier alpha value is -1.43. The maximum atomic E-state index is 11.7. The van der Waals surface area contributed by atoms with Gasteiger partial charge in [0.05, 0.1) is 0 Å². The molecule has 0 radical (unpaired) electrons. The highest BCUT2D eigenvalue weighted by Crippen LogP contribution is 2.13. The normalized spacial score (nSPS) is 11.5. The van der Waals surface area contributed by atoms with Crippen molar-refractivity contribution in [3.05, 3.63) is 20.7 Å². The van der Waals surface area contributed by atoms with E-state index < -0.39 is 5.56 Å². The molecule has 0 saturated carbocycles. The number of hydrogen-bond donors (Lipinski definition) is 3. The number of rotatable bonds is 18. The van der Waals surface area contributed by atoms with Crippen molar-refractivity contribution in [3.8, 4) is 5.88 Å². The van der Waals surface area contributed by atoms with Crippen LogP contribution in [0.1, 0.15) is 115 Å². The van der Waals surface area contributed by atoms with E-state index in [9.17, 15) is 9.90 Å². The molecule has 0 saturated heterocycles. The predicted molar refractivity (Wildman–Crippen MR) is 126 cm³/mol. The van der Waals surface area contributed by atoms with Gasteiger partial charge in [-0.05, 0) is 18.6 Å². The fraction of sp³-hybridized carbons (Fsp3) is 0.783. The van der Waals surface area contributed by atoms with Crippen LogP contribution in [-0.2, 0) is 0 Å². The third-order valence-electron chi connectivity index (χ3n) is 5.32. The van der Waals surface area contributed by atoms with E-state index in [1.807, 2.05) is 0 Å². The molecule has 1 aromatic rings. The zero-order valence-corrected chi connectivity index (χ0v) is 19.1. The molecule has 0 spiro atoms. The molecular weight excluding hydrogens is 382 g/mol. The molecule has 0 bridgehead atoms. The second-order valence-corrected chi connectivity index (χ2v) is 8.42. The molecule has 0 amide bonds. The van der Waals surface area contributed by atoms with Crippen LogP contribution in [0.5, 0.6) is 5.88 Å². The molecule has 5 nitrogen and oxygen atoms in total. The van der Waals surface area contributed by atoms with Gasteiger partial charge in [-0.3, -0.25) is 14.8 Å². The van der Waals surface area contributed by atoms with Crippen molar-refractivity contribution >= 4 is 18.4 Å². The third kappa shape index (κ3) is 13.4. The van der Waals surface area contributed by atoms with Gasteiger partial charge in [-0.25, -0.2) is 0 Å². The average molecular weight is 424 g/mol. The molecule has 29 heavy (non-hydrogen) atoms. The van der Waals surface area contributed by atoms with E-state index in [4.69, 9.17) is 12.2 Å². The number of hydrogen-bond acceptors (Lipinski definition) is 4. The van der Waals surface area contributed by atoms with Crippen LogP contribution < -0.4 is 5.56 Å². The Labute approximate surface area is 181 Å². The van der Waals surface area contributed by atoms with Gasteiger partial charge in [0.25, 0.3) is 5.56 Å². The van der Waals surface area contributed by atoms with Crippen molar-refractivity contribution in [1.82, 2.24) is 9.97 Å². The highest BCUT2D eigenvalue weighted by molar-refractivity contribution is 7.71. The van der Waals surface area contributed by atoms with Crippen LogP contribution in [0.25, 0.3) is 0 Å². The van der Waals surface area contributed by atoms with Crippen LogP contribution in [0.15, 0.2) is 9.79 Å². The number of nitrogens with one attached hydrogen (secondary N) is 2. The van der Waals surface area contributed by atoms with Crippen molar-refractivity contribution in [1.29, 1.82) is 0 Å². The molecule has 1 aromatic heterocycles. The minimum atomic E-state index is -0.415. The molecule has 1 heterocycles.